The molecule has 0 spiro atoms. The van der Waals surface area contributed by atoms with Crippen LogP contribution in [0.15, 0.2) is 72.9 Å². The minimum absolute atomic E-state index is 0.0451. The molecule has 1 amide bonds. The number of hydrogen-bond donors (Lipinski definition) is 2. The highest BCUT2D eigenvalue weighted by Crippen LogP contribution is 2.29. The summed E-state index contributed by atoms with van der Waals surface area (Å²) in [6.07, 6.45) is 4.21. The van der Waals surface area contributed by atoms with Crippen molar-refractivity contribution >= 4 is 22.8 Å². The largest absolute Gasteiger partial charge is 0.497 e. The molecule has 1 fully saturated rings. The number of carboxylic acid groups (broad SMARTS) is 1. The fraction of sp³-hybridized carbons (Fsp3) is 0.276. The van der Waals surface area contributed by atoms with Crippen molar-refractivity contribution < 1.29 is 19.4 Å². The maximum Gasteiger partial charge on any atom is 0.306 e. The van der Waals surface area contributed by atoms with E-state index >= 15 is 0 Å². The average molecular weight is 484 g/mol. The summed E-state index contributed by atoms with van der Waals surface area (Å²) < 4.78 is 7.29. The molecule has 2 N–H and O–H groups in total. The predicted molar refractivity (Wildman–Crippen MR) is 138 cm³/mol. The van der Waals surface area contributed by atoms with Crippen LogP contribution in [0.4, 0.5) is 0 Å². The van der Waals surface area contributed by atoms with E-state index in [9.17, 15) is 14.7 Å². The molecule has 0 aliphatic heterocycles. The van der Waals surface area contributed by atoms with Crippen LogP contribution in [0, 0.1) is 5.92 Å². The van der Waals surface area contributed by atoms with E-state index < -0.39 is 5.97 Å². The average Bonchev–Trinajstić information content (AvgIpc) is 3.31. The smallest absolute Gasteiger partial charge is 0.306 e. The van der Waals surface area contributed by atoms with Crippen molar-refractivity contribution in [3.8, 4) is 16.9 Å². The fourth-order valence-electron chi connectivity index (χ4n) is 4.97. The lowest BCUT2D eigenvalue weighted by atomic mass is 9.86. The van der Waals surface area contributed by atoms with Gasteiger partial charge in [0, 0.05) is 11.4 Å². The Balaban J connectivity index is 1.39. The predicted octanol–water partition coefficient (Wildman–Crippen LogP) is 5.13. The van der Waals surface area contributed by atoms with Gasteiger partial charge in [-0.1, -0.05) is 54.6 Å². The second-order valence-electron chi connectivity index (χ2n) is 9.34. The molecule has 3 aromatic carbocycles. The van der Waals surface area contributed by atoms with Gasteiger partial charge in [0.1, 0.15) is 5.75 Å². The zero-order chi connectivity index (χ0) is 25.1. The number of carboxylic acids is 1. The number of carbonyl (C=O) groups is 2. The molecule has 0 unspecified atom stereocenters. The molecule has 7 nitrogen and oxygen atoms in total. The monoisotopic (exact) mass is 483 g/mol. The van der Waals surface area contributed by atoms with Gasteiger partial charge in [-0.25, -0.2) is 0 Å². The van der Waals surface area contributed by atoms with Crippen molar-refractivity contribution in [3.63, 3.8) is 0 Å². The van der Waals surface area contributed by atoms with Crippen LogP contribution in [-0.4, -0.2) is 39.9 Å². The summed E-state index contributed by atoms with van der Waals surface area (Å²) in [7, 11) is 1.58. The number of aliphatic carboxylic acids is 1. The first kappa shape index (κ1) is 23.6. The van der Waals surface area contributed by atoms with Crippen molar-refractivity contribution in [3.05, 3.63) is 84.1 Å². The molecule has 1 saturated carbocycles. The van der Waals surface area contributed by atoms with Gasteiger partial charge in [0.05, 0.1) is 36.8 Å². The van der Waals surface area contributed by atoms with E-state index in [1.54, 1.807) is 19.4 Å². The number of fused-ring (bicyclic) bond motifs is 1. The van der Waals surface area contributed by atoms with E-state index in [0.717, 1.165) is 27.6 Å². The summed E-state index contributed by atoms with van der Waals surface area (Å²) in [5.41, 5.74) is 4.64. The van der Waals surface area contributed by atoms with Crippen LogP contribution in [0.1, 0.15) is 41.6 Å². The summed E-state index contributed by atoms with van der Waals surface area (Å²) in [6.45, 7) is 0.523. The quantitative estimate of drug-likeness (QED) is 0.380. The van der Waals surface area contributed by atoms with Crippen molar-refractivity contribution in [1.82, 2.24) is 15.1 Å². The topological polar surface area (TPSA) is 93.4 Å². The minimum Gasteiger partial charge on any atom is -0.497 e. The lowest BCUT2D eigenvalue weighted by Crippen LogP contribution is -2.38. The first-order valence-corrected chi connectivity index (χ1v) is 12.2. The second-order valence-corrected chi connectivity index (χ2v) is 9.34. The number of carbonyl (C=O) groups excluding carboxylic acids is 1. The summed E-state index contributed by atoms with van der Waals surface area (Å²) in [4.78, 5) is 24.6. The van der Waals surface area contributed by atoms with E-state index in [1.165, 1.54) is 0 Å². The van der Waals surface area contributed by atoms with Gasteiger partial charge in [-0.15, -0.1) is 0 Å². The standard InChI is InChI=1S/C29H29N3O4/c1-36-25-15-23-17-30-32(18-19-7-9-21(10-8-19)20-5-3-2-4-6-20)27(23)26(16-25)28(33)31-24-13-11-22(12-14-24)29(34)35/h2-10,15-17,22,24H,11-14,18H2,1H3,(H,31,33)(H,34,35). The number of aromatic nitrogens is 2. The molecule has 0 radical (unpaired) electrons. The summed E-state index contributed by atoms with van der Waals surface area (Å²) in [5, 5.41) is 17.8. The molecule has 4 aromatic rings. The minimum atomic E-state index is -0.755. The van der Waals surface area contributed by atoms with Gasteiger partial charge < -0.3 is 15.2 Å². The molecule has 36 heavy (non-hydrogen) atoms. The van der Waals surface area contributed by atoms with Crippen LogP contribution in [0.2, 0.25) is 0 Å². The molecule has 0 saturated heterocycles. The van der Waals surface area contributed by atoms with E-state index in [2.05, 4.69) is 46.8 Å². The molecule has 1 aliphatic rings. The van der Waals surface area contributed by atoms with Crippen molar-refractivity contribution in [2.75, 3.05) is 7.11 Å². The van der Waals surface area contributed by atoms with Crippen LogP contribution in [0.5, 0.6) is 5.75 Å². The summed E-state index contributed by atoms with van der Waals surface area (Å²) in [5.74, 6) is -0.681. The number of ether oxygens (including phenoxy) is 1. The highest BCUT2D eigenvalue weighted by Gasteiger charge is 2.28. The number of nitrogens with one attached hydrogen (secondary N) is 1. The normalized spacial score (nSPS) is 17.6. The molecule has 5 rings (SSSR count). The van der Waals surface area contributed by atoms with Gasteiger partial charge in [-0.3, -0.25) is 14.3 Å². The molecule has 184 valence electrons. The third kappa shape index (κ3) is 4.96. The Morgan fingerprint density at radius 2 is 1.69 bits per heavy atom. The van der Waals surface area contributed by atoms with Gasteiger partial charge >= 0.3 is 5.97 Å². The Hall–Kier alpha value is -4.13. The molecule has 1 heterocycles. The number of rotatable bonds is 7. The van der Waals surface area contributed by atoms with E-state index in [-0.39, 0.29) is 17.9 Å². The van der Waals surface area contributed by atoms with Crippen LogP contribution >= 0.6 is 0 Å². The Morgan fingerprint density at radius 1 is 1.00 bits per heavy atom. The zero-order valence-corrected chi connectivity index (χ0v) is 20.2. The van der Waals surface area contributed by atoms with Crippen LogP contribution < -0.4 is 10.1 Å². The van der Waals surface area contributed by atoms with Crippen LogP contribution in [0.3, 0.4) is 0 Å². The first-order chi connectivity index (χ1) is 17.5. The number of benzene rings is 3. The maximum atomic E-state index is 13.4. The highest BCUT2D eigenvalue weighted by molar-refractivity contribution is 6.06. The molecule has 0 atom stereocenters. The van der Waals surface area contributed by atoms with Crippen molar-refractivity contribution in [2.45, 2.75) is 38.3 Å². The van der Waals surface area contributed by atoms with E-state index in [1.807, 2.05) is 28.9 Å². The lowest BCUT2D eigenvalue weighted by Gasteiger charge is -2.27. The van der Waals surface area contributed by atoms with Gasteiger partial charge in [-0.2, -0.15) is 5.10 Å². The Labute approximate surface area is 209 Å². The molecule has 7 heteroatoms. The number of hydrogen-bond acceptors (Lipinski definition) is 4. The summed E-state index contributed by atoms with van der Waals surface area (Å²) in [6, 6.07) is 22.2. The Bertz CT molecular complexity index is 1370. The summed E-state index contributed by atoms with van der Waals surface area (Å²) >= 11 is 0. The molecular formula is C29H29N3O4. The van der Waals surface area contributed by atoms with Crippen molar-refractivity contribution in [1.29, 1.82) is 0 Å². The van der Waals surface area contributed by atoms with Crippen LogP contribution in [0.25, 0.3) is 22.0 Å². The molecule has 0 bridgehead atoms. The number of amides is 1. The van der Waals surface area contributed by atoms with Crippen molar-refractivity contribution in [2.24, 2.45) is 5.92 Å². The fourth-order valence-corrected chi connectivity index (χ4v) is 4.97. The number of nitrogens with zero attached hydrogens (tertiary/aromatic N) is 2. The van der Waals surface area contributed by atoms with E-state index in [4.69, 9.17) is 4.74 Å². The SMILES string of the molecule is COc1cc(C(=O)NC2CCC(C(=O)O)CC2)c2c(cnn2Cc2ccc(-c3ccccc3)cc2)c1. The number of methoxy groups -OCH3 is 1. The Morgan fingerprint density at radius 3 is 2.36 bits per heavy atom. The molecule has 1 aliphatic carbocycles. The Kier molecular flexibility index (Phi) is 6.71. The van der Waals surface area contributed by atoms with Gasteiger partial charge in [0.25, 0.3) is 5.91 Å². The lowest BCUT2D eigenvalue weighted by molar-refractivity contribution is -0.142. The third-order valence-corrected chi connectivity index (χ3v) is 6.99. The highest BCUT2D eigenvalue weighted by atomic mass is 16.5. The zero-order valence-electron chi connectivity index (χ0n) is 20.2. The second kappa shape index (κ2) is 10.2. The van der Waals surface area contributed by atoms with Gasteiger partial charge in [-0.05, 0) is 54.5 Å². The van der Waals surface area contributed by atoms with E-state index in [0.29, 0.717) is 43.5 Å². The maximum absolute atomic E-state index is 13.4. The third-order valence-electron chi connectivity index (χ3n) is 6.99. The first-order valence-electron chi connectivity index (χ1n) is 12.2. The van der Waals surface area contributed by atoms with Crippen LogP contribution in [-0.2, 0) is 11.3 Å². The van der Waals surface area contributed by atoms with Gasteiger partial charge in [0.15, 0.2) is 0 Å². The molecule has 1 aromatic heterocycles. The molecular weight excluding hydrogens is 454 g/mol. The van der Waals surface area contributed by atoms with Gasteiger partial charge in [0.2, 0.25) is 0 Å².